The Bertz CT molecular complexity index is 940. The highest BCUT2D eigenvalue weighted by atomic mass is 35.5. The Morgan fingerprint density at radius 3 is 2.61 bits per heavy atom. The van der Waals surface area contributed by atoms with Gasteiger partial charge in [-0.25, -0.2) is 0 Å². The number of aromatic nitrogens is 2. The molecule has 3 rings (SSSR count). The van der Waals surface area contributed by atoms with Gasteiger partial charge in [0.1, 0.15) is 5.75 Å². The lowest BCUT2D eigenvalue weighted by molar-refractivity contribution is -0.138. The highest BCUT2D eigenvalue weighted by molar-refractivity contribution is 6.32. The average Bonchev–Trinajstić information content (AvgIpc) is 3.16. The molecule has 7 heteroatoms. The van der Waals surface area contributed by atoms with E-state index in [4.69, 9.17) is 20.9 Å². The molecule has 3 aromatic rings. The molecule has 6 nitrogen and oxygen atoms in total. The van der Waals surface area contributed by atoms with E-state index in [0.717, 1.165) is 11.1 Å². The second-order valence-electron chi connectivity index (χ2n) is 6.52. The van der Waals surface area contributed by atoms with Crippen LogP contribution >= 0.6 is 11.6 Å². The molecule has 0 unspecified atom stereocenters. The van der Waals surface area contributed by atoms with E-state index in [0.29, 0.717) is 28.9 Å². The van der Waals surface area contributed by atoms with Crippen LogP contribution in [0.15, 0.2) is 53.1 Å². The largest absolute Gasteiger partial charge is 0.479 e. The summed E-state index contributed by atoms with van der Waals surface area (Å²) < 4.78 is 11.1. The Kier molecular flexibility index (Phi) is 6.31. The molecule has 0 N–H and O–H groups in total. The summed E-state index contributed by atoms with van der Waals surface area (Å²) in [6.07, 6.45) is -0.142. The smallest absolute Gasteiger partial charge is 0.263 e. The van der Waals surface area contributed by atoms with Crippen LogP contribution in [0.1, 0.15) is 24.8 Å². The Labute approximate surface area is 169 Å². The molecular formula is C21H22ClN3O3. The van der Waals surface area contributed by atoms with E-state index >= 15 is 0 Å². The summed E-state index contributed by atoms with van der Waals surface area (Å²) in [5.41, 5.74) is 2.02. The molecule has 0 aliphatic carbocycles. The van der Waals surface area contributed by atoms with Gasteiger partial charge in [0.2, 0.25) is 11.7 Å². The summed E-state index contributed by atoms with van der Waals surface area (Å²) in [7, 11) is 1.68. The monoisotopic (exact) mass is 399 g/mol. The topological polar surface area (TPSA) is 68.5 Å². The molecule has 0 radical (unpaired) electrons. The van der Waals surface area contributed by atoms with Crippen LogP contribution in [0.5, 0.6) is 5.75 Å². The van der Waals surface area contributed by atoms with Gasteiger partial charge >= 0.3 is 0 Å². The predicted octanol–water partition coefficient (Wildman–Crippen LogP) is 4.51. The first-order valence-electron chi connectivity index (χ1n) is 9.03. The van der Waals surface area contributed by atoms with Crippen molar-refractivity contribution in [3.8, 4) is 17.1 Å². The number of para-hydroxylation sites is 1. The minimum atomic E-state index is -0.649. The molecule has 1 aromatic heterocycles. The van der Waals surface area contributed by atoms with Gasteiger partial charge in [0.15, 0.2) is 6.10 Å². The van der Waals surface area contributed by atoms with Crippen molar-refractivity contribution in [2.75, 3.05) is 7.05 Å². The maximum absolute atomic E-state index is 12.8. The minimum absolute atomic E-state index is 0.183. The molecule has 28 heavy (non-hydrogen) atoms. The van der Waals surface area contributed by atoms with Gasteiger partial charge in [0, 0.05) is 12.6 Å². The number of ether oxygens (including phenoxy) is 1. The van der Waals surface area contributed by atoms with Crippen molar-refractivity contribution in [3.05, 3.63) is 65.0 Å². The lowest BCUT2D eigenvalue weighted by atomic mass is 10.1. The molecular weight excluding hydrogens is 378 g/mol. The zero-order valence-corrected chi connectivity index (χ0v) is 16.8. The van der Waals surface area contributed by atoms with Gasteiger partial charge in [-0.2, -0.15) is 4.98 Å². The number of carbonyl (C=O) groups is 1. The van der Waals surface area contributed by atoms with E-state index in [1.165, 1.54) is 4.90 Å². The normalized spacial score (nSPS) is 11.9. The van der Waals surface area contributed by atoms with Crippen LogP contribution in [-0.2, 0) is 11.3 Å². The maximum atomic E-state index is 12.8. The summed E-state index contributed by atoms with van der Waals surface area (Å²) in [5.74, 6) is 1.16. The van der Waals surface area contributed by atoms with Crippen LogP contribution in [0, 0.1) is 6.92 Å². The number of nitrogens with zero attached hydrogens (tertiary/aromatic N) is 3. The van der Waals surface area contributed by atoms with Gasteiger partial charge in [-0.05, 0) is 25.5 Å². The number of hydrogen-bond acceptors (Lipinski definition) is 5. The maximum Gasteiger partial charge on any atom is 0.263 e. The number of likely N-dealkylation sites (N-methyl/N-ethyl adjacent to an activating group) is 1. The molecule has 0 aliphatic heterocycles. The minimum Gasteiger partial charge on any atom is -0.479 e. The number of amides is 1. The molecule has 146 valence electrons. The van der Waals surface area contributed by atoms with Crippen molar-refractivity contribution in [2.24, 2.45) is 0 Å². The summed E-state index contributed by atoms with van der Waals surface area (Å²) in [6.45, 7) is 4.09. The predicted molar refractivity (Wildman–Crippen MR) is 107 cm³/mol. The van der Waals surface area contributed by atoms with Crippen molar-refractivity contribution in [1.29, 1.82) is 0 Å². The van der Waals surface area contributed by atoms with Crippen LogP contribution in [0.2, 0.25) is 5.02 Å². The SMILES string of the molecule is CC[C@@H](Oc1ccccc1Cl)C(=O)N(C)Cc1nc(-c2ccc(C)cc2)no1. The number of halogens is 1. The first-order chi connectivity index (χ1) is 13.5. The summed E-state index contributed by atoms with van der Waals surface area (Å²) in [5, 5.41) is 4.47. The van der Waals surface area contributed by atoms with E-state index < -0.39 is 6.10 Å². The van der Waals surface area contributed by atoms with E-state index in [2.05, 4.69) is 10.1 Å². The Morgan fingerprint density at radius 1 is 1.21 bits per heavy atom. The Balaban J connectivity index is 1.66. The molecule has 2 aromatic carbocycles. The van der Waals surface area contributed by atoms with Crippen molar-refractivity contribution >= 4 is 17.5 Å². The average molecular weight is 400 g/mol. The Hall–Kier alpha value is -2.86. The van der Waals surface area contributed by atoms with E-state index in [-0.39, 0.29) is 12.5 Å². The Morgan fingerprint density at radius 2 is 1.93 bits per heavy atom. The summed E-state index contributed by atoms with van der Waals surface area (Å²) in [6, 6.07) is 14.9. The van der Waals surface area contributed by atoms with Crippen LogP contribution in [0.25, 0.3) is 11.4 Å². The van der Waals surface area contributed by atoms with Gasteiger partial charge in [-0.3, -0.25) is 4.79 Å². The van der Waals surface area contributed by atoms with Crippen LogP contribution in [0.4, 0.5) is 0 Å². The molecule has 0 aliphatic rings. The lowest BCUT2D eigenvalue weighted by Crippen LogP contribution is -2.39. The van der Waals surface area contributed by atoms with Crippen molar-refractivity contribution in [1.82, 2.24) is 15.0 Å². The van der Waals surface area contributed by atoms with Gasteiger partial charge in [0.25, 0.3) is 5.91 Å². The second-order valence-corrected chi connectivity index (χ2v) is 6.92. The number of hydrogen-bond donors (Lipinski definition) is 0. The highest BCUT2D eigenvalue weighted by Gasteiger charge is 2.24. The zero-order valence-electron chi connectivity index (χ0n) is 16.1. The number of benzene rings is 2. The number of aryl methyl sites for hydroxylation is 1. The highest BCUT2D eigenvalue weighted by Crippen LogP contribution is 2.25. The van der Waals surface area contributed by atoms with Gasteiger partial charge in [0.05, 0.1) is 11.6 Å². The standard InChI is InChI=1S/C21H22ClN3O3/c1-4-17(27-18-8-6-5-7-16(18)22)21(26)25(3)13-19-23-20(24-28-19)15-11-9-14(2)10-12-15/h5-12,17H,4,13H2,1-3H3/t17-/m1/s1. The fraction of sp³-hybridized carbons (Fsp3) is 0.286. The third kappa shape index (κ3) is 4.70. The fourth-order valence-corrected chi connectivity index (χ4v) is 2.85. The van der Waals surface area contributed by atoms with Gasteiger partial charge < -0.3 is 14.2 Å². The van der Waals surface area contributed by atoms with E-state index in [1.807, 2.05) is 50.2 Å². The molecule has 0 saturated carbocycles. The zero-order chi connectivity index (χ0) is 20.1. The fourth-order valence-electron chi connectivity index (χ4n) is 2.67. The van der Waals surface area contributed by atoms with Crippen LogP contribution < -0.4 is 4.74 Å². The number of rotatable bonds is 7. The molecule has 0 fully saturated rings. The summed E-state index contributed by atoms with van der Waals surface area (Å²) in [4.78, 5) is 18.7. The first kappa shape index (κ1) is 19.9. The first-order valence-corrected chi connectivity index (χ1v) is 9.41. The van der Waals surface area contributed by atoms with Crippen LogP contribution in [-0.4, -0.2) is 34.1 Å². The van der Waals surface area contributed by atoms with Gasteiger partial charge in [-0.1, -0.05) is 65.6 Å². The molecule has 1 heterocycles. The molecule has 0 saturated heterocycles. The van der Waals surface area contributed by atoms with Crippen molar-refractivity contribution < 1.29 is 14.1 Å². The lowest BCUT2D eigenvalue weighted by Gasteiger charge is -2.23. The third-order valence-corrected chi connectivity index (χ3v) is 4.59. The van der Waals surface area contributed by atoms with Crippen LogP contribution in [0.3, 0.4) is 0 Å². The number of carbonyl (C=O) groups excluding carboxylic acids is 1. The van der Waals surface area contributed by atoms with Crippen molar-refractivity contribution in [3.63, 3.8) is 0 Å². The molecule has 1 amide bonds. The van der Waals surface area contributed by atoms with E-state index in [1.54, 1.807) is 19.2 Å². The molecule has 1 atom stereocenters. The van der Waals surface area contributed by atoms with Crippen molar-refractivity contribution in [2.45, 2.75) is 32.9 Å². The van der Waals surface area contributed by atoms with Gasteiger partial charge in [-0.15, -0.1) is 0 Å². The summed E-state index contributed by atoms with van der Waals surface area (Å²) >= 11 is 6.13. The second kappa shape index (κ2) is 8.89. The quantitative estimate of drug-likeness (QED) is 0.584. The molecule has 0 spiro atoms. The van der Waals surface area contributed by atoms with E-state index in [9.17, 15) is 4.79 Å². The third-order valence-electron chi connectivity index (χ3n) is 4.28. The molecule has 0 bridgehead atoms.